The molecule has 0 bridgehead atoms. The highest BCUT2D eigenvalue weighted by Gasteiger charge is 2.27. The summed E-state index contributed by atoms with van der Waals surface area (Å²) < 4.78 is 1.93. The summed E-state index contributed by atoms with van der Waals surface area (Å²) in [5.41, 5.74) is 6.92. The molecule has 2 aromatic heterocycles. The molecule has 0 aromatic carbocycles. The second-order valence-corrected chi connectivity index (χ2v) is 4.31. The monoisotopic (exact) mass is 247 g/mol. The Kier molecular flexibility index (Phi) is 2.47. The van der Waals surface area contributed by atoms with Gasteiger partial charge in [0.25, 0.3) is 5.91 Å². The molecule has 2 aromatic rings. The number of anilines is 1. The van der Waals surface area contributed by atoms with Crippen molar-refractivity contribution in [3.05, 3.63) is 23.8 Å². The molecule has 0 unspecified atom stereocenters. The molecular weight excluding hydrogens is 234 g/mol. The number of aromatic nitrogens is 5. The molecule has 0 atom stereocenters. The molecule has 3 rings (SSSR count). The Morgan fingerprint density at radius 2 is 2.44 bits per heavy atom. The van der Waals surface area contributed by atoms with Crippen molar-refractivity contribution in [1.29, 1.82) is 0 Å². The number of carbonyl (C=O) groups excluding carboxylic acids is 1. The van der Waals surface area contributed by atoms with E-state index in [1.165, 1.54) is 0 Å². The largest absolute Gasteiger partial charge is 0.397 e. The number of hydrogen-bond acceptors (Lipinski definition) is 5. The van der Waals surface area contributed by atoms with E-state index in [0.29, 0.717) is 23.2 Å². The standard InChI is InChI=1S/C10H13N7O/c11-6-3-8(17(5-6)7-1-2-7)10(18)12-4-9-13-15-16-14-9/h3,5,7H,1-2,4,11H2,(H,12,18)(H,13,14,15,16). The van der Waals surface area contributed by atoms with Crippen molar-refractivity contribution in [2.24, 2.45) is 0 Å². The average Bonchev–Trinajstić information content (AvgIpc) is 2.92. The van der Waals surface area contributed by atoms with Crippen molar-refractivity contribution in [3.63, 3.8) is 0 Å². The maximum atomic E-state index is 12.0. The maximum Gasteiger partial charge on any atom is 0.268 e. The third-order valence-electron chi connectivity index (χ3n) is 2.84. The van der Waals surface area contributed by atoms with Gasteiger partial charge in [-0.15, -0.1) is 10.2 Å². The predicted octanol–water partition coefficient (Wildman–Crippen LogP) is -0.152. The first-order valence-electron chi connectivity index (χ1n) is 5.72. The van der Waals surface area contributed by atoms with Gasteiger partial charge in [-0.05, 0) is 18.9 Å². The lowest BCUT2D eigenvalue weighted by Gasteiger charge is -2.06. The number of tetrazole rings is 1. The van der Waals surface area contributed by atoms with E-state index >= 15 is 0 Å². The SMILES string of the molecule is Nc1cc(C(=O)NCc2nn[nH]n2)n(C2CC2)c1. The number of hydrogen-bond donors (Lipinski definition) is 3. The van der Waals surface area contributed by atoms with Gasteiger partial charge in [0.1, 0.15) is 5.69 Å². The van der Waals surface area contributed by atoms with E-state index in [2.05, 4.69) is 25.9 Å². The van der Waals surface area contributed by atoms with Crippen LogP contribution in [0.1, 0.15) is 35.2 Å². The lowest BCUT2D eigenvalue weighted by molar-refractivity contribution is 0.0940. The summed E-state index contributed by atoms with van der Waals surface area (Å²) in [6.07, 6.45) is 4.00. The first kappa shape index (κ1) is 10.8. The topological polar surface area (TPSA) is 115 Å². The Balaban J connectivity index is 1.71. The molecule has 18 heavy (non-hydrogen) atoms. The van der Waals surface area contributed by atoms with Crippen molar-refractivity contribution in [1.82, 2.24) is 30.5 Å². The van der Waals surface area contributed by atoms with Crippen LogP contribution in [0.2, 0.25) is 0 Å². The molecule has 94 valence electrons. The van der Waals surface area contributed by atoms with Gasteiger partial charge < -0.3 is 15.6 Å². The molecule has 1 aliphatic carbocycles. The first-order chi connectivity index (χ1) is 8.74. The highest BCUT2D eigenvalue weighted by Crippen LogP contribution is 2.37. The minimum atomic E-state index is -0.177. The predicted molar refractivity (Wildman–Crippen MR) is 62.5 cm³/mol. The second-order valence-electron chi connectivity index (χ2n) is 4.31. The van der Waals surface area contributed by atoms with E-state index < -0.39 is 0 Å². The number of nitrogen functional groups attached to an aromatic ring is 1. The fourth-order valence-electron chi connectivity index (χ4n) is 1.84. The van der Waals surface area contributed by atoms with Crippen LogP contribution in [0.25, 0.3) is 0 Å². The number of nitrogens with zero attached hydrogens (tertiary/aromatic N) is 4. The van der Waals surface area contributed by atoms with Crippen molar-refractivity contribution < 1.29 is 4.79 Å². The molecule has 2 heterocycles. The summed E-state index contributed by atoms with van der Waals surface area (Å²) in [5.74, 6) is 0.268. The summed E-state index contributed by atoms with van der Waals surface area (Å²) in [7, 11) is 0. The zero-order valence-corrected chi connectivity index (χ0v) is 9.63. The summed E-state index contributed by atoms with van der Waals surface area (Å²) >= 11 is 0. The summed E-state index contributed by atoms with van der Waals surface area (Å²) in [6.45, 7) is 0.241. The Hall–Kier alpha value is -2.38. The number of nitrogens with one attached hydrogen (secondary N) is 2. The Labute approximate surface area is 103 Å². The number of rotatable bonds is 4. The van der Waals surface area contributed by atoms with Gasteiger partial charge >= 0.3 is 0 Å². The average molecular weight is 247 g/mol. The van der Waals surface area contributed by atoms with Gasteiger partial charge in [0.15, 0.2) is 5.82 Å². The highest BCUT2D eigenvalue weighted by atomic mass is 16.1. The van der Waals surface area contributed by atoms with Gasteiger partial charge in [-0.1, -0.05) is 5.21 Å². The van der Waals surface area contributed by atoms with Gasteiger partial charge in [0, 0.05) is 12.2 Å². The van der Waals surface area contributed by atoms with Crippen molar-refractivity contribution in [2.45, 2.75) is 25.4 Å². The fraction of sp³-hybridized carbons (Fsp3) is 0.400. The Bertz CT molecular complexity index is 555. The van der Waals surface area contributed by atoms with E-state index in [-0.39, 0.29) is 12.5 Å². The van der Waals surface area contributed by atoms with Crippen LogP contribution in [-0.4, -0.2) is 31.1 Å². The number of carbonyl (C=O) groups is 1. The highest BCUT2D eigenvalue weighted by molar-refractivity contribution is 5.93. The molecule has 1 aliphatic rings. The minimum absolute atomic E-state index is 0.177. The zero-order chi connectivity index (χ0) is 12.5. The van der Waals surface area contributed by atoms with Gasteiger partial charge in [-0.2, -0.15) is 5.21 Å². The molecule has 0 aliphatic heterocycles. The van der Waals surface area contributed by atoms with Crippen molar-refractivity contribution >= 4 is 11.6 Å². The van der Waals surface area contributed by atoms with E-state index in [4.69, 9.17) is 5.73 Å². The molecular formula is C10H13N7O. The quantitative estimate of drug-likeness (QED) is 0.695. The van der Waals surface area contributed by atoms with E-state index in [0.717, 1.165) is 12.8 Å². The van der Waals surface area contributed by atoms with Crippen LogP contribution in [0.15, 0.2) is 12.3 Å². The number of amides is 1. The summed E-state index contributed by atoms with van der Waals surface area (Å²) in [4.78, 5) is 12.0. The molecule has 1 fully saturated rings. The number of H-pyrrole nitrogens is 1. The van der Waals surface area contributed by atoms with Crippen LogP contribution >= 0.6 is 0 Å². The normalized spacial score (nSPS) is 14.7. The molecule has 1 saturated carbocycles. The van der Waals surface area contributed by atoms with Crippen LogP contribution in [0.3, 0.4) is 0 Å². The summed E-state index contributed by atoms with van der Waals surface area (Å²) in [6, 6.07) is 2.09. The first-order valence-corrected chi connectivity index (χ1v) is 5.72. The Morgan fingerprint density at radius 1 is 1.61 bits per heavy atom. The minimum Gasteiger partial charge on any atom is -0.397 e. The van der Waals surface area contributed by atoms with Crippen LogP contribution in [0.4, 0.5) is 5.69 Å². The van der Waals surface area contributed by atoms with Gasteiger partial charge in [-0.25, -0.2) is 0 Å². The van der Waals surface area contributed by atoms with E-state index in [9.17, 15) is 4.79 Å². The molecule has 8 heteroatoms. The molecule has 4 N–H and O–H groups in total. The van der Waals surface area contributed by atoms with Crippen molar-refractivity contribution in [2.75, 3.05) is 5.73 Å². The fourth-order valence-corrected chi connectivity index (χ4v) is 1.84. The molecule has 1 amide bonds. The third-order valence-corrected chi connectivity index (χ3v) is 2.84. The molecule has 0 radical (unpaired) electrons. The molecule has 8 nitrogen and oxygen atoms in total. The van der Waals surface area contributed by atoms with Gasteiger partial charge in [0.2, 0.25) is 0 Å². The smallest absolute Gasteiger partial charge is 0.268 e. The summed E-state index contributed by atoms with van der Waals surface area (Å²) in [5, 5.41) is 16.0. The van der Waals surface area contributed by atoms with Crippen LogP contribution in [0, 0.1) is 0 Å². The van der Waals surface area contributed by atoms with Crippen molar-refractivity contribution in [3.8, 4) is 0 Å². The van der Waals surface area contributed by atoms with Crippen LogP contribution < -0.4 is 11.1 Å². The lowest BCUT2D eigenvalue weighted by Crippen LogP contribution is -2.25. The zero-order valence-electron chi connectivity index (χ0n) is 9.63. The number of aromatic amines is 1. The van der Waals surface area contributed by atoms with Crippen LogP contribution in [0.5, 0.6) is 0 Å². The number of nitrogens with two attached hydrogens (primary N) is 1. The maximum absolute atomic E-state index is 12.0. The second kappa shape index (κ2) is 4.13. The van der Waals surface area contributed by atoms with E-state index in [1.54, 1.807) is 12.3 Å². The van der Waals surface area contributed by atoms with Gasteiger partial charge in [-0.3, -0.25) is 4.79 Å². The van der Waals surface area contributed by atoms with E-state index in [1.807, 2.05) is 4.57 Å². The Morgan fingerprint density at radius 3 is 3.11 bits per heavy atom. The third kappa shape index (κ3) is 2.04. The molecule has 0 spiro atoms. The van der Waals surface area contributed by atoms with Gasteiger partial charge in [0.05, 0.1) is 12.2 Å². The lowest BCUT2D eigenvalue weighted by atomic mass is 10.3. The molecule has 0 saturated heterocycles. The van der Waals surface area contributed by atoms with Crippen LogP contribution in [-0.2, 0) is 6.54 Å².